The fourth-order valence-electron chi connectivity index (χ4n) is 3.16. The molecule has 90 valence electrons. The molecule has 0 saturated heterocycles. The predicted octanol–water partition coefficient (Wildman–Crippen LogP) is 2.49. The van der Waals surface area contributed by atoms with E-state index in [2.05, 4.69) is 19.6 Å². The van der Waals surface area contributed by atoms with E-state index in [1.165, 1.54) is 25.7 Å². The number of rotatable bonds is 5. The van der Waals surface area contributed by atoms with E-state index in [1.54, 1.807) is 0 Å². The molecule has 0 aromatic carbocycles. The van der Waals surface area contributed by atoms with Gasteiger partial charge in [0.2, 0.25) is 0 Å². The van der Waals surface area contributed by atoms with Gasteiger partial charge < -0.3 is 10.2 Å². The fraction of sp³-hybridized carbons (Fsp3) is 1.00. The van der Waals surface area contributed by atoms with Gasteiger partial charge in [0, 0.05) is 13.5 Å². The normalized spacial score (nSPS) is 19.8. The zero-order chi connectivity index (χ0) is 11.5. The Morgan fingerprint density at radius 3 is 1.87 bits per heavy atom. The number of hydrogen-bond acceptors (Lipinski definition) is 2. The van der Waals surface area contributed by atoms with E-state index in [9.17, 15) is 10.2 Å². The summed E-state index contributed by atoms with van der Waals surface area (Å²) in [6.45, 7) is 7.29. The first-order valence-electron chi connectivity index (χ1n) is 6.15. The van der Waals surface area contributed by atoms with Gasteiger partial charge in [-0.15, -0.1) is 0 Å². The summed E-state index contributed by atoms with van der Waals surface area (Å²) >= 11 is 0. The van der Waals surface area contributed by atoms with E-state index in [4.69, 9.17) is 0 Å². The summed E-state index contributed by atoms with van der Waals surface area (Å²) in [6, 6.07) is 1.05. The number of aliphatic hydroxyl groups excluding tert-OH is 2. The van der Waals surface area contributed by atoms with Gasteiger partial charge >= 0.3 is 0 Å². The summed E-state index contributed by atoms with van der Waals surface area (Å²) in [4.78, 5) is 0. The van der Waals surface area contributed by atoms with Crippen molar-refractivity contribution in [3.63, 3.8) is 0 Å². The summed E-state index contributed by atoms with van der Waals surface area (Å²) in [6.07, 6.45) is 4.95. The van der Waals surface area contributed by atoms with Crippen LogP contribution in [0.5, 0.6) is 0 Å². The molecule has 0 radical (unpaired) electrons. The highest BCUT2D eigenvalue weighted by Crippen LogP contribution is 2.44. The molecular formula is C12H26O2Si. The van der Waals surface area contributed by atoms with Crippen LogP contribution >= 0.6 is 0 Å². The van der Waals surface area contributed by atoms with Crippen molar-refractivity contribution in [3.8, 4) is 0 Å². The average Bonchev–Trinajstić information content (AvgIpc) is 2.66. The van der Waals surface area contributed by atoms with Crippen molar-refractivity contribution in [1.29, 1.82) is 0 Å². The smallest absolute Gasteiger partial charge is 0.0509 e. The maximum atomic E-state index is 9.66. The second-order valence-electron chi connectivity index (χ2n) is 6.40. The van der Waals surface area contributed by atoms with E-state index >= 15 is 0 Å². The monoisotopic (exact) mass is 230 g/mol. The zero-order valence-electron chi connectivity index (χ0n) is 10.4. The molecule has 0 atom stereocenters. The summed E-state index contributed by atoms with van der Waals surface area (Å²) < 4.78 is 0. The molecule has 0 bridgehead atoms. The van der Waals surface area contributed by atoms with E-state index in [0.717, 1.165) is 6.04 Å². The summed E-state index contributed by atoms with van der Waals surface area (Å²) in [7, 11) is -1.22. The second kappa shape index (κ2) is 4.98. The van der Waals surface area contributed by atoms with Crippen LogP contribution < -0.4 is 0 Å². The SMILES string of the molecule is C[Si](C)(C)CC(CO)(CO)C1CCCC1. The molecule has 0 aromatic rings. The lowest BCUT2D eigenvalue weighted by Gasteiger charge is -2.40. The molecule has 1 saturated carbocycles. The first-order valence-corrected chi connectivity index (χ1v) is 9.86. The van der Waals surface area contributed by atoms with Crippen molar-refractivity contribution in [2.24, 2.45) is 11.3 Å². The van der Waals surface area contributed by atoms with Crippen LogP contribution in [0, 0.1) is 11.3 Å². The first kappa shape index (κ1) is 13.2. The molecule has 1 fully saturated rings. The minimum absolute atomic E-state index is 0.165. The topological polar surface area (TPSA) is 40.5 Å². The quantitative estimate of drug-likeness (QED) is 0.712. The lowest BCUT2D eigenvalue weighted by molar-refractivity contribution is 0.0203. The van der Waals surface area contributed by atoms with Crippen LogP contribution in [0.2, 0.25) is 25.7 Å². The minimum Gasteiger partial charge on any atom is -0.396 e. The van der Waals surface area contributed by atoms with Crippen molar-refractivity contribution in [1.82, 2.24) is 0 Å². The Hall–Kier alpha value is 0.137. The zero-order valence-corrected chi connectivity index (χ0v) is 11.4. The number of aliphatic hydroxyl groups is 2. The Morgan fingerprint density at radius 2 is 1.53 bits per heavy atom. The molecule has 0 aliphatic heterocycles. The molecule has 0 aromatic heterocycles. The van der Waals surface area contributed by atoms with Crippen LogP contribution in [0.1, 0.15) is 25.7 Å². The van der Waals surface area contributed by atoms with Crippen LogP contribution in [0.25, 0.3) is 0 Å². The highest BCUT2D eigenvalue weighted by Gasteiger charge is 2.42. The predicted molar refractivity (Wildman–Crippen MR) is 66.7 cm³/mol. The minimum atomic E-state index is -1.22. The van der Waals surface area contributed by atoms with Crippen LogP contribution in [-0.4, -0.2) is 31.5 Å². The Labute approximate surface area is 94.7 Å². The standard InChI is InChI=1S/C12H26O2Si/c1-15(2,3)10-12(8-13,9-14)11-6-4-5-7-11/h11,13-14H,4-10H2,1-3H3. The lowest BCUT2D eigenvalue weighted by Crippen LogP contribution is -2.43. The molecule has 0 unspecified atom stereocenters. The van der Waals surface area contributed by atoms with E-state index in [1.807, 2.05) is 0 Å². The van der Waals surface area contributed by atoms with Gasteiger partial charge in [-0.25, -0.2) is 0 Å². The molecule has 2 N–H and O–H groups in total. The molecule has 0 heterocycles. The van der Waals surface area contributed by atoms with Gasteiger partial charge in [0.05, 0.1) is 13.2 Å². The lowest BCUT2D eigenvalue weighted by atomic mass is 9.77. The van der Waals surface area contributed by atoms with Crippen molar-refractivity contribution in [2.75, 3.05) is 13.2 Å². The highest BCUT2D eigenvalue weighted by molar-refractivity contribution is 6.76. The summed E-state index contributed by atoms with van der Waals surface area (Å²) in [5, 5.41) is 19.3. The van der Waals surface area contributed by atoms with E-state index < -0.39 is 8.07 Å². The van der Waals surface area contributed by atoms with Crippen molar-refractivity contribution < 1.29 is 10.2 Å². The molecule has 15 heavy (non-hydrogen) atoms. The maximum Gasteiger partial charge on any atom is 0.0509 e. The third kappa shape index (κ3) is 3.30. The molecule has 1 aliphatic carbocycles. The van der Waals surface area contributed by atoms with Crippen LogP contribution in [-0.2, 0) is 0 Å². The largest absolute Gasteiger partial charge is 0.396 e. The molecule has 1 rings (SSSR count). The Kier molecular flexibility index (Phi) is 4.38. The van der Waals surface area contributed by atoms with Gasteiger partial charge in [0.15, 0.2) is 0 Å². The molecular weight excluding hydrogens is 204 g/mol. The van der Waals surface area contributed by atoms with Crippen LogP contribution in [0.15, 0.2) is 0 Å². The molecule has 0 spiro atoms. The van der Waals surface area contributed by atoms with E-state index in [0.29, 0.717) is 5.92 Å². The average molecular weight is 230 g/mol. The molecule has 1 aliphatic rings. The van der Waals surface area contributed by atoms with Gasteiger partial charge in [-0.2, -0.15) is 0 Å². The Balaban J connectivity index is 2.76. The maximum absolute atomic E-state index is 9.66. The van der Waals surface area contributed by atoms with Gasteiger partial charge in [-0.3, -0.25) is 0 Å². The van der Waals surface area contributed by atoms with Gasteiger partial charge in [-0.1, -0.05) is 32.5 Å². The molecule has 3 heteroatoms. The molecule has 0 amide bonds. The van der Waals surface area contributed by atoms with Crippen LogP contribution in [0.3, 0.4) is 0 Å². The highest BCUT2D eigenvalue weighted by atomic mass is 28.3. The first-order chi connectivity index (χ1) is 6.93. The Morgan fingerprint density at radius 1 is 1.07 bits per heavy atom. The van der Waals surface area contributed by atoms with Gasteiger partial charge in [0.25, 0.3) is 0 Å². The Bertz CT molecular complexity index is 188. The third-order valence-corrected chi connectivity index (χ3v) is 5.50. The van der Waals surface area contributed by atoms with Gasteiger partial charge in [-0.05, 0) is 24.8 Å². The van der Waals surface area contributed by atoms with Crippen molar-refractivity contribution in [3.05, 3.63) is 0 Å². The second-order valence-corrected chi connectivity index (χ2v) is 11.9. The fourth-order valence-corrected chi connectivity index (χ4v) is 5.78. The van der Waals surface area contributed by atoms with Crippen LogP contribution in [0.4, 0.5) is 0 Å². The van der Waals surface area contributed by atoms with Crippen molar-refractivity contribution in [2.45, 2.75) is 51.4 Å². The summed E-state index contributed by atoms with van der Waals surface area (Å²) in [5.41, 5.74) is -0.180. The summed E-state index contributed by atoms with van der Waals surface area (Å²) in [5.74, 6) is 0.555. The molecule has 2 nitrogen and oxygen atoms in total. The van der Waals surface area contributed by atoms with Gasteiger partial charge in [0.1, 0.15) is 0 Å². The third-order valence-electron chi connectivity index (χ3n) is 3.73. The van der Waals surface area contributed by atoms with Crippen molar-refractivity contribution >= 4 is 8.07 Å². The van der Waals surface area contributed by atoms with E-state index in [-0.39, 0.29) is 18.6 Å². The number of hydrogen-bond donors (Lipinski definition) is 2.